The molecule has 0 saturated carbocycles. The first kappa shape index (κ1) is 16.6. The van der Waals surface area contributed by atoms with E-state index in [0.29, 0.717) is 22.5 Å². The van der Waals surface area contributed by atoms with Gasteiger partial charge in [-0.15, -0.1) is 0 Å². The summed E-state index contributed by atoms with van der Waals surface area (Å²) in [6.45, 7) is 1.51. The lowest BCUT2D eigenvalue weighted by molar-refractivity contribution is 0.264. The third kappa shape index (κ3) is 3.62. The predicted octanol–water partition coefficient (Wildman–Crippen LogP) is 3.29. The van der Waals surface area contributed by atoms with Crippen molar-refractivity contribution in [2.24, 2.45) is 7.05 Å². The summed E-state index contributed by atoms with van der Waals surface area (Å²) in [7, 11) is -1.24. The van der Waals surface area contributed by atoms with Gasteiger partial charge in [0, 0.05) is 30.5 Å². The minimum Gasteiger partial charge on any atom is -0.353 e. The van der Waals surface area contributed by atoms with Gasteiger partial charge in [-0.1, -0.05) is 11.6 Å². The Hall–Kier alpha value is -1.30. The summed E-state index contributed by atoms with van der Waals surface area (Å²) in [6.07, 6.45) is 4.23. The average molecular weight is 353 g/mol. The molecular formula is C17H21ClN2O2S. The van der Waals surface area contributed by atoms with Gasteiger partial charge in [0.1, 0.15) is 0 Å². The van der Waals surface area contributed by atoms with Crippen molar-refractivity contribution in [3.8, 4) is 0 Å². The third-order valence-electron chi connectivity index (χ3n) is 4.51. The standard InChI is InChI=1S/C17H21ClN2O2S/c1-19-10-2-4-16(19)17-5-3-11-20(17)12-13-23(21,22)15-8-6-14(18)7-9-15/h2,4,6-10,17H,3,5,11-13H2,1H3/t17-/m1/s1. The van der Waals surface area contributed by atoms with E-state index in [4.69, 9.17) is 11.6 Å². The number of rotatable bonds is 5. The molecule has 0 aliphatic carbocycles. The zero-order valence-corrected chi connectivity index (χ0v) is 14.7. The van der Waals surface area contributed by atoms with Gasteiger partial charge in [0.15, 0.2) is 9.84 Å². The molecule has 0 amide bonds. The van der Waals surface area contributed by atoms with Gasteiger partial charge in [-0.25, -0.2) is 8.42 Å². The van der Waals surface area contributed by atoms with E-state index in [1.807, 2.05) is 19.3 Å². The predicted molar refractivity (Wildman–Crippen MR) is 92.5 cm³/mol. The Bertz CT molecular complexity index is 768. The van der Waals surface area contributed by atoms with Crippen LogP contribution in [0.15, 0.2) is 47.5 Å². The van der Waals surface area contributed by atoms with Crippen LogP contribution in [-0.4, -0.2) is 36.7 Å². The minimum atomic E-state index is -3.27. The van der Waals surface area contributed by atoms with Gasteiger partial charge >= 0.3 is 0 Å². The number of aromatic nitrogens is 1. The van der Waals surface area contributed by atoms with E-state index in [0.717, 1.165) is 19.4 Å². The van der Waals surface area contributed by atoms with Gasteiger partial charge in [0.05, 0.1) is 16.7 Å². The van der Waals surface area contributed by atoms with E-state index in [1.54, 1.807) is 24.3 Å². The van der Waals surface area contributed by atoms with Crippen molar-refractivity contribution in [3.05, 3.63) is 53.3 Å². The maximum Gasteiger partial charge on any atom is 0.179 e. The molecule has 0 bridgehead atoms. The van der Waals surface area contributed by atoms with Gasteiger partial charge in [-0.2, -0.15) is 0 Å². The zero-order chi connectivity index (χ0) is 16.4. The molecule has 1 atom stereocenters. The summed E-state index contributed by atoms with van der Waals surface area (Å²) in [5, 5.41) is 0.548. The van der Waals surface area contributed by atoms with Crippen LogP contribution in [0.25, 0.3) is 0 Å². The van der Waals surface area contributed by atoms with Crippen LogP contribution >= 0.6 is 11.6 Å². The SMILES string of the molecule is Cn1cccc1[C@H]1CCCN1CCS(=O)(=O)c1ccc(Cl)cc1. The molecule has 4 nitrogen and oxygen atoms in total. The second-order valence-corrected chi connectivity index (χ2v) is 8.56. The quantitative estimate of drug-likeness (QED) is 0.829. The summed E-state index contributed by atoms with van der Waals surface area (Å²) >= 11 is 5.83. The van der Waals surface area contributed by atoms with Gasteiger partial charge in [0.2, 0.25) is 0 Å². The van der Waals surface area contributed by atoms with Gasteiger partial charge in [-0.3, -0.25) is 4.90 Å². The van der Waals surface area contributed by atoms with Crippen LogP contribution < -0.4 is 0 Å². The van der Waals surface area contributed by atoms with E-state index in [2.05, 4.69) is 15.5 Å². The lowest BCUT2D eigenvalue weighted by atomic mass is 10.1. The summed E-state index contributed by atoms with van der Waals surface area (Å²) in [6, 6.07) is 10.9. The van der Waals surface area contributed by atoms with Crippen molar-refractivity contribution >= 4 is 21.4 Å². The highest BCUT2D eigenvalue weighted by Crippen LogP contribution is 2.31. The van der Waals surface area contributed by atoms with Gasteiger partial charge < -0.3 is 4.57 Å². The molecule has 124 valence electrons. The highest BCUT2D eigenvalue weighted by molar-refractivity contribution is 7.91. The second-order valence-electron chi connectivity index (χ2n) is 6.01. The van der Waals surface area contributed by atoms with E-state index >= 15 is 0 Å². The minimum absolute atomic E-state index is 0.134. The first-order valence-corrected chi connectivity index (χ1v) is 9.84. The van der Waals surface area contributed by atoms with Crippen LogP contribution in [0, 0.1) is 0 Å². The Morgan fingerprint density at radius 2 is 1.96 bits per heavy atom. The molecular weight excluding hydrogens is 332 g/mol. The van der Waals surface area contributed by atoms with Crippen molar-refractivity contribution in [1.29, 1.82) is 0 Å². The Balaban J connectivity index is 1.69. The van der Waals surface area contributed by atoms with Crippen LogP contribution in [-0.2, 0) is 16.9 Å². The Labute approximate surface area is 142 Å². The fourth-order valence-electron chi connectivity index (χ4n) is 3.25. The van der Waals surface area contributed by atoms with Crippen LogP contribution in [0.3, 0.4) is 0 Å². The van der Waals surface area contributed by atoms with E-state index < -0.39 is 9.84 Å². The number of hydrogen-bond acceptors (Lipinski definition) is 3. The van der Waals surface area contributed by atoms with Gasteiger partial charge in [-0.05, 0) is 55.8 Å². The number of sulfone groups is 1. The van der Waals surface area contributed by atoms with Crippen LogP contribution in [0.1, 0.15) is 24.6 Å². The first-order chi connectivity index (χ1) is 11.0. The molecule has 2 heterocycles. The summed E-state index contributed by atoms with van der Waals surface area (Å²) in [4.78, 5) is 2.62. The maximum atomic E-state index is 12.5. The molecule has 0 unspecified atom stereocenters. The lowest BCUT2D eigenvalue weighted by Crippen LogP contribution is -2.30. The van der Waals surface area contributed by atoms with Crippen molar-refractivity contribution in [2.75, 3.05) is 18.8 Å². The molecule has 3 rings (SSSR count). The van der Waals surface area contributed by atoms with Crippen LogP contribution in [0.5, 0.6) is 0 Å². The van der Waals surface area contributed by atoms with Crippen molar-refractivity contribution in [3.63, 3.8) is 0 Å². The Kier molecular flexibility index (Phi) is 4.80. The van der Waals surface area contributed by atoms with E-state index in [9.17, 15) is 8.42 Å². The summed E-state index contributed by atoms with van der Waals surface area (Å²) < 4.78 is 27.1. The molecule has 0 N–H and O–H groups in total. The van der Waals surface area contributed by atoms with E-state index in [-0.39, 0.29) is 5.75 Å². The first-order valence-electron chi connectivity index (χ1n) is 7.81. The number of hydrogen-bond donors (Lipinski definition) is 0. The molecule has 0 radical (unpaired) electrons. The molecule has 6 heteroatoms. The number of nitrogens with zero attached hydrogens (tertiary/aromatic N) is 2. The lowest BCUT2D eigenvalue weighted by Gasteiger charge is -2.25. The molecule has 23 heavy (non-hydrogen) atoms. The van der Waals surface area contributed by atoms with Gasteiger partial charge in [0.25, 0.3) is 0 Å². The smallest absolute Gasteiger partial charge is 0.179 e. The van der Waals surface area contributed by atoms with Crippen molar-refractivity contribution in [2.45, 2.75) is 23.8 Å². The second kappa shape index (κ2) is 6.67. The molecule has 1 aromatic heterocycles. The zero-order valence-electron chi connectivity index (χ0n) is 13.2. The highest BCUT2D eigenvalue weighted by Gasteiger charge is 2.28. The molecule has 1 saturated heterocycles. The molecule has 1 fully saturated rings. The largest absolute Gasteiger partial charge is 0.353 e. The monoisotopic (exact) mass is 352 g/mol. The molecule has 1 aliphatic heterocycles. The number of benzene rings is 1. The molecule has 2 aromatic rings. The highest BCUT2D eigenvalue weighted by atomic mass is 35.5. The normalized spacial score (nSPS) is 19.3. The van der Waals surface area contributed by atoms with Crippen LogP contribution in [0.2, 0.25) is 5.02 Å². The fraction of sp³-hybridized carbons (Fsp3) is 0.412. The average Bonchev–Trinajstić information content (AvgIpc) is 3.14. The van der Waals surface area contributed by atoms with Crippen molar-refractivity contribution in [1.82, 2.24) is 9.47 Å². The van der Waals surface area contributed by atoms with Crippen LogP contribution in [0.4, 0.5) is 0 Å². The maximum absolute atomic E-state index is 12.5. The summed E-state index contributed by atoms with van der Waals surface area (Å²) in [5.74, 6) is 0.134. The number of likely N-dealkylation sites (tertiary alicyclic amines) is 1. The molecule has 1 aliphatic rings. The third-order valence-corrected chi connectivity index (χ3v) is 6.47. The molecule has 0 spiro atoms. The van der Waals surface area contributed by atoms with Crippen molar-refractivity contribution < 1.29 is 8.42 Å². The fourth-order valence-corrected chi connectivity index (χ4v) is 4.63. The summed E-state index contributed by atoms with van der Waals surface area (Å²) in [5.41, 5.74) is 1.26. The van der Waals surface area contributed by atoms with E-state index in [1.165, 1.54) is 5.69 Å². The number of aryl methyl sites for hydroxylation is 1. The molecule has 1 aromatic carbocycles. The number of halogens is 1. The Morgan fingerprint density at radius 1 is 1.22 bits per heavy atom. The topological polar surface area (TPSA) is 42.3 Å². The Morgan fingerprint density at radius 3 is 2.61 bits per heavy atom.